The first-order chi connectivity index (χ1) is 18.4. The summed E-state index contributed by atoms with van der Waals surface area (Å²) in [6, 6.07) is 3.53. The minimum atomic E-state index is -5.40. The van der Waals surface area contributed by atoms with Crippen molar-refractivity contribution in [2.75, 3.05) is 0 Å². The van der Waals surface area contributed by atoms with Gasteiger partial charge >= 0.3 is 12.5 Å². The zero-order valence-corrected chi connectivity index (χ0v) is 21.6. The molecule has 0 aromatic heterocycles. The quantitative estimate of drug-likeness (QED) is 0.297. The van der Waals surface area contributed by atoms with Crippen LogP contribution in [-0.4, -0.2) is 6.36 Å². The SMILES string of the molecule is CCCC1CCC(C2CCC(c3ccc(C(F)(F)Oc4cc(F)c(OC(F)(F)F)c(F)c4)c(F)c3)CC2)CC1. The monoisotopic (exact) mass is 564 g/mol. The normalized spacial score (nSPS) is 24.4. The van der Waals surface area contributed by atoms with Gasteiger partial charge in [-0.25, -0.2) is 13.2 Å². The van der Waals surface area contributed by atoms with E-state index in [1.807, 2.05) is 0 Å². The van der Waals surface area contributed by atoms with Crippen LogP contribution in [0.1, 0.15) is 88.2 Å². The van der Waals surface area contributed by atoms with Crippen molar-refractivity contribution in [1.29, 1.82) is 0 Å². The van der Waals surface area contributed by atoms with Crippen LogP contribution in [0.25, 0.3) is 0 Å². The molecule has 0 saturated heterocycles. The van der Waals surface area contributed by atoms with E-state index in [9.17, 15) is 35.1 Å². The summed E-state index contributed by atoms with van der Waals surface area (Å²) in [7, 11) is 0. The Labute approximate surface area is 222 Å². The minimum Gasteiger partial charge on any atom is -0.429 e. The molecule has 2 aliphatic carbocycles. The molecule has 2 aliphatic rings. The van der Waals surface area contributed by atoms with Crippen LogP contribution >= 0.6 is 0 Å². The van der Waals surface area contributed by atoms with Crippen molar-refractivity contribution in [3.63, 3.8) is 0 Å². The number of alkyl halides is 5. The van der Waals surface area contributed by atoms with Crippen molar-refractivity contribution < 1.29 is 44.6 Å². The lowest BCUT2D eigenvalue weighted by atomic mass is 9.68. The van der Waals surface area contributed by atoms with Gasteiger partial charge in [-0.15, -0.1) is 13.2 Å². The molecule has 0 N–H and O–H groups in total. The van der Waals surface area contributed by atoms with Crippen LogP contribution in [0.3, 0.4) is 0 Å². The van der Waals surface area contributed by atoms with E-state index in [2.05, 4.69) is 16.4 Å². The van der Waals surface area contributed by atoms with E-state index < -0.39 is 47.0 Å². The third kappa shape index (κ3) is 7.37. The molecule has 2 aromatic rings. The van der Waals surface area contributed by atoms with Crippen molar-refractivity contribution in [2.45, 2.75) is 89.5 Å². The van der Waals surface area contributed by atoms with Crippen LogP contribution in [-0.2, 0) is 6.11 Å². The first-order valence-corrected chi connectivity index (χ1v) is 13.5. The molecule has 2 saturated carbocycles. The lowest BCUT2D eigenvalue weighted by molar-refractivity contribution is -0.276. The third-order valence-corrected chi connectivity index (χ3v) is 8.24. The summed E-state index contributed by atoms with van der Waals surface area (Å²) in [5.41, 5.74) is -0.553. The predicted molar refractivity (Wildman–Crippen MR) is 129 cm³/mol. The number of hydrogen-bond donors (Lipinski definition) is 0. The van der Waals surface area contributed by atoms with E-state index in [1.54, 1.807) is 0 Å². The Morgan fingerprint density at radius 3 is 1.79 bits per heavy atom. The van der Waals surface area contributed by atoms with Crippen LogP contribution in [0.2, 0.25) is 0 Å². The Morgan fingerprint density at radius 1 is 0.718 bits per heavy atom. The Balaban J connectivity index is 1.38. The van der Waals surface area contributed by atoms with Gasteiger partial charge in [0.05, 0.1) is 5.56 Å². The second kappa shape index (κ2) is 11.9. The van der Waals surface area contributed by atoms with Gasteiger partial charge in [-0.1, -0.05) is 38.7 Å². The van der Waals surface area contributed by atoms with Crippen molar-refractivity contribution in [3.05, 3.63) is 58.9 Å². The number of ether oxygens (including phenoxy) is 2. The molecular weight excluding hydrogens is 532 g/mol. The molecule has 0 heterocycles. The smallest absolute Gasteiger partial charge is 0.429 e. The summed E-state index contributed by atoms with van der Waals surface area (Å²) in [4.78, 5) is 0. The Kier molecular flexibility index (Phi) is 9.01. The highest BCUT2D eigenvalue weighted by atomic mass is 19.4. The first-order valence-electron chi connectivity index (χ1n) is 13.5. The minimum absolute atomic E-state index is 0.0418. The highest BCUT2D eigenvalue weighted by Crippen LogP contribution is 2.45. The van der Waals surface area contributed by atoms with E-state index in [4.69, 9.17) is 0 Å². The third-order valence-electron chi connectivity index (χ3n) is 8.24. The summed E-state index contributed by atoms with van der Waals surface area (Å²) < 4.78 is 116. The van der Waals surface area contributed by atoms with Crippen LogP contribution in [0.5, 0.6) is 11.5 Å². The van der Waals surface area contributed by atoms with Gasteiger partial charge in [0.25, 0.3) is 0 Å². The van der Waals surface area contributed by atoms with Gasteiger partial charge in [-0.2, -0.15) is 8.78 Å². The Morgan fingerprint density at radius 2 is 1.28 bits per heavy atom. The molecule has 0 spiro atoms. The fourth-order valence-electron chi connectivity index (χ4n) is 6.31. The van der Waals surface area contributed by atoms with Gasteiger partial charge in [-0.3, -0.25) is 0 Å². The van der Waals surface area contributed by atoms with Crippen LogP contribution in [0, 0.1) is 35.2 Å². The highest BCUT2D eigenvalue weighted by Gasteiger charge is 2.40. The molecule has 0 unspecified atom stereocenters. The van der Waals surface area contributed by atoms with Gasteiger partial charge in [0, 0.05) is 12.1 Å². The van der Waals surface area contributed by atoms with E-state index >= 15 is 0 Å². The van der Waals surface area contributed by atoms with Crippen molar-refractivity contribution in [2.24, 2.45) is 17.8 Å². The van der Waals surface area contributed by atoms with Gasteiger partial charge in [-0.05, 0) is 79.9 Å². The maximum Gasteiger partial charge on any atom is 0.573 e. The number of rotatable bonds is 8. The molecular formula is C29H32F8O2. The number of benzene rings is 2. The molecule has 0 aliphatic heterocycles. The highest BCUT2D eigenvalue weighted by molar-refractivity contribution is 5.36. The Bertz CT molecular complexity index is 1090. The molecule has 39 heavy (non-hydrogen) atoms. The Hall–Kier alpha value is -2.52. The number of halogens is 8. The summed E-state index contributed by atoms with van der Waals surface area (Å²) >= 11 is 0. The molecule has 2 aromatic carbocycles. The lowest BCUT2D eigenvalue weighted by Gasteiger charge is -2.38. The fourth-order valence-corrected chi connectivity index (χ4v) is 6.31. The largest absolute Gasteiger partial charge is 0.573 e. The zero-order valence-electron chi connectivity index (χ0n) is 21.6. The summed E-state index contributed by atoms with van der Waals surface area (Å²) in [6.45, 7) is 2.22. The molecule has 0 amide bonds. The van der Waals surface area contributed by atoms with Gasteiger partial charge in [0.15, 0.2) is 11.6 Å². The molecule has 0 atom stereocenters. The summed E-state index contributed by atoms with van der Waals surface area (Å²) in [5.74, 6) is -5.75. The zero-order chi connectivity index (χ0) is 28.4. The van der Waals surface area contributed by atoms with Crippen LogP contribution in [0.4, 0.5) is 35.1 Å². The molecule has 10 heteroatoms. The van der Waals surface area contributed by atoms with Gasteiger partial charge < -0.3 is 9.47 Å². The lowest BCUT2D eigenvalue weighted by Crippen LogP contribution is -2.26. The van der Waals surface area contributed by atoms with E-state index in [1.165, 1.54) is 44.6 Å². The standard InChI is InChI=1S/C29H32F8O2/c1-2-3-17-4-6-18(7-5-17)19-8-10-20(11-9-19)21-12-13-23(24(30)14-21)28(33,34)38-22-15-25(31)27(26(32)16-22)39-29(35,36)37/h12-20H,2-11H2,1H3. The van der Waals surface area contributed by atoms with E-state index in [-0.39, 0.29) is 18.1 Å². The second-order valence-corrected chi connectivity index (χ2v) is 10.8. The van der Waals surface area contributed by atoms with Crippen LogP contribution in [0.15, 0.2) is 30.3 Å². The molecule has 0 radical (unpaired) electrons. The molecule has 2 nitrogen and oxygen atoms in total. The summed E-state index contributed by atoms with van der Waals surface area (Å²) in [6.07, 6.45) is 1.57. The second-order valence-electron chi connectivity index (χ2n) is 10.8. The molecule has 2 fully saturated rings. The van der Waals surface area contributed by atoms with Crippen LogP contribution < -0.4 is 9.47 Å². The topological polar surface area (TPSA) is 18.5 Å². The van der Waals surface area contributed by atoms with E-state index in [0.717, 1.165) is 49.7 Å². The van der Waals surface area contributed by atoms with Gasteiger partial charge in [0.1, 0.15) is 11.6 Å². The maximum absolute atomic E-state index is 14.8. The van der Waals surface area contributed by atoms with E-state index in [0.29, 0.717) is 11.5 Å². The summed E-state index contributed by atoms with van der Waals surface area (Å²) in [5, 5.41) is 0. The average molecular weight is 565 g/mol. The molecule has 0 bridgehead atoms. The van der Waals surface area contributed by atoms with Crippen molar-refractivity contribution >= 4 is 0 Å². The predicted octanol–water partition coefficient (Wildman–Crippen LogP) is 10.0. The number of hydrogen-bond acceptors (Lipinski definition) is 2. The fraction of sp³-hybridized carbons (Fsp3) is 0.586. The molecule has 216 valence electrons. The average Bonchev–Trinajstić information content (AvgIpc) is 2.86. The first kappa shape index (κ1) is 29.5. The maximum atomic E-state index is 14.8. The van der Waals surface area contributed by atoms with Crippen molar-refractivity contribution in [1.82, 2.24) is 0 Å². The van der Waals surface area contributed by atoms with Gasteiger partial charge in [0.2, 0.25) is 5.75 Å². The van der Waals surface area contributed by atoms with Crippen molar-refractivity contribution in [3.8, 4) is 11.5 Å². The molecule has 4 rings (SSSR count).